The van der Waals surface area contributed by atoms with E-state index in [1.54, 1.807) is 18.2 Å². The van der Waals surface area contributed by atoms with Crippen LogP contribution in [-0.2, 0) is 0 Å². The summed E-state index contributed by atoms with van der Waals surface area (Å²) >= 11 is 0. The lowest BCUT2D eigenvalue weighted by Crippen LogP contribution is -2.17. The summed E-state index contributed by atoms with van der Waals surface area (Å²) in [6, 6.07) is 10.3. The molecule has 0 radical (unpaired) electrons. The molecule has 2 aromatic rings. The number of para-hydroxylation sites is 1. The fraction of sp³-hybridized carbons (Fsp3) is 0.0667. The number of rotatable bonds is 5. The highest BCUT2D eigenvalue weighted by Gasteiger charge is 2.14. The molecule has 0 bridgehead atoms. The van der Waals surface area contributed by atoms with Gasteiger partial charge in [0.1, 0.15) is 5.75 Å². The number of phenolic OH excluding ortho intramolecular Hbond substituents is 1. The summed E-state index contributed by atoms with van der Waals surface area (Å²) in [4.78, 5) is 22.2. The van der Waals surface area contributed by atoms with Gasteiger partial charge in [0, 0.05) is 11.6 Å². The number of carbonyl (C=O) groups is 1. The molecule has 0 unspecified atom stereocenters. The second-order valence-electron chi connectivity index (χ2n) is 4.40. The Kier molecular flexibility index (Phi) is 4.88. The number of ether oxygens (including phenoxy) is 1. The largest absolute Gasteiger partial charge is 0.507 e. The van der Waals surface area contributed by atoms with Gasteiger partial charge in [-0.2, -0.15) is 5.10 Å². The van der Waals surface area contributed by atoms with E-state index in [4.69, 9.17) is 4.74 Å². The van der Waals surface area contributed by atoms with Gasteiger partial charge in [-0.25, -0.2) is 5.43 Å². The zero-order chi connectivity index (χ0) is 16.8. The fourth-order valence-electron chi connectivity index (χ4n) is 1.82. The third-order valence-corrected chi connectivity index (χ3v) is 2.93. The highest BCUT2D eigenvalue weighted by Crippen LogP contribution is 2.26. The molecule has 2 rings (SSSR count). The summed E-state index contributed by atoms with van der Waals surface area (Å²) in [6.45, 7) is 0. The first-order valence-corrected chi connectivity index (χ1v) is 6.46. The molecule has 2 N–H and O–H groups in total. The molecule has 0 atom stereocenters. The molecular formula is C15H13N3O5. The predicted molar refractivity (Wildman–Crippen MR) is 82.8 cm³/mol. The van der Waals surface area contributed by atoms with Gasteiger partial charge < -0.3 is 9.84 Å². The molecule has 0 aliphatic heterocycles. The molecular weight excluding hydrogens is 302 g/mol. The third kappa shape index (κ3) is 3.82. The number of amides is 1. The SMILES string of the molecule is COc1ccc(/C=N/NC(=O)c2ccccc2O)cc1[N+](=O)[O-]. The Morgan fingerprint density at radius 3 is 2.74 bits per heavy atom. The molecule has 0 saturated heterocycles. The molecule has 0 fully saturated rings. The lowest BCUT2D eigenvalue weighted by atomic mass is 10.2. The van der Waals surface area contributed by atoms with Crippen molar-refractivity contribution < 1.29 is 19.6 Å². The number of aromatic hydroxyl groups is 1. The van der Waals surface area contributed by atoms with E-state index in [-0.39, 0.29) is 22.7 Å². The number of benzene rings is 2. The number of nitro benzene ring substituents is 1. The highest BCUT2D eigenvalue weighted by atomic mass is 16.6. The van der Waals surface area contributed by atoms with E-state index < -0.39 is 10.8 Å². The molecule has 0 saturated carbocycles. The van der Waals surface area contributed by atoms with Crippen LogP contribution in [0.4, 0.5) is 5.69 Å². The van der Waals surface area contributed by atoms with Gasteiger partial charge in [0.25, 0.3) is 5.91 Å². The van der Waals surface area contributed by atoms with E-state index in [9.17, 15) is 20.0 Å². The molecule has 23 heavy (non-hydrogen) atoms. The van der Waals surface area contributed by atoms with Crippen molar-refractivity contribution in [2.45, 2.75) is 0 Å². The van der Waals surface area contributed by atoms with Crippen LogP contribution in [0, 0.1) is 10.1 Å². The van der Waals surface area contributed by atoms with Crippen molar-refractivity contribution in [2.75, 3.05) is 7.11 Å². The van der Waals surface area contributed by atoms with E-state index in [1.807, 2.05) is 0 Å². The Bertz CT molecular complexity index is 773. The number of carbonyl (C=O) groups excluding carboxylic acids is 1. The molecule has 2 aromatic carbocycles. The van der Waals surface area contributed by atoms with Gasteiger partial charge in [0.05, 0.1) is 23.8 Å². The van der Waals surface area contributed by atoms with E-state index in [0.717, 1.165) is 0 Å². The number of hydrogen-bond acceptors (Lipinski definition) is 6. The molecule has 1 amide bonds. The van der Waals surface area contributed by atoms with Gasteiger partial charge in [0.2, 0.25) is 0 Å². The van der Waals surface area contributed by atoms with Crippen LogP contribution in [-0.4, -0.2) is 29.3 Å². The van der Waals surface area contributed by atoms with Crippen LogP contribution in [0.1, 0.15) is 15.9 Å². The molecule has 0 aliphatic carbocycles. The van der Waals surface area contributed by atoms with Gasteiger partial charge in [0.15, 0.2) is 5.75 Å². The van der Waals surface area contributed by atoms with E-state index >= 15 is 0 Å². The van der Waals surface area contributed by atoms with Crippen molar-refractivity contribution in [1.82, 2.24) is 5.43 Å². The Labute approximate surface area is 131 Å². The van der Waals surface area contributed by atoms with Crippen LogP contribution in [0.25, 0.3) is 0 Å². The Morgan fingerprint density at radius 2 is 2.09 bits per heavy atom. The summed E-state index contributed by atoms with van der Waals surface area (Å²) in [7, 11) is 1.34. The Hall–Kier alpha value is -3.42. The highest BCUT2D eigenvalue weighted by molar-refractivity contribution is 5.97. The number of hydrogen-bond donors (Lipinski definition) is 2. The fourth-order valence-corrected chi connectivity index (χ4v) is 1.82. The van der Waals surface area contributed by atoms with Crippen LogP contribution in [0.3, 0.4) is 0 Å². The van der Waals surface area contributed by atoms with Crippen molar-refractivity contribution in [3.63, 3.8) is 0 Å². The first-order valence-electron chi connectivity index (χ1n) is 6.46. The van der Waals surface area contributed by atoms with Crippen molar-refractivity contribution in [3.8, 4) is 11.5 Å². The number of hydrazone groups is 1. The summed E-state index contributed by atoms with van der Waals surface area (Å²) in [6.07, 6.45) is 1.25. The summed E-state index contributed by atoms with van der Waals surface area (Å²) in [5, 5.41) is 24.2. The van der Waals surface area contributed by atoms with Crippen molar-refractivity contribution >= 4 is 17.8 Å². The quantitative estimate of drug-likeness (QED) is 0.498. The summed E-state index contributed by atoms with van der Waals surface area (Å²) in [5.74, 6) is -0.631. The van der Waals surface area contributed by atoms with Crippen LogP contribution in [0.15, 0.2) is 47.6 Å². The van der Waals surface area contributed by atoms with E-state index in [2.05, 4.69) is 10.5 Å². The topological polar surface area (TPSA) is 114 Å². The standard InChI is InChI=1S/C15H13N3O5/c1-23-14-7-6-10(8-12(14)18(21)22)9-16-17-15(20)11-4-2-3-5-13(11)19/h2-9,19H,1H3,(H,17,20)/b16-9+. The van der Waals surface area contributed by atoms with E-state index in [1.165, 1.54) is 37.6 Å². The summed E-state index contributed by atoms with van der Waals surface area (Å²) < 4.78 is 4.89. The molecule has 0 aromatic heterocycles. The molecule has 0 heterocycles. The lowest BCUT2D eigenvalue weighted by molar-refractivity contribution is -0.385. The van der Waals surface area contributed by atoms with Gasteiger partial charge in [-0.15, -0.1) is 0 Å². The number of nitrogens with one attached hydrogen (secondary N) is 1. The van der Waals surface area contributed by atoms with Crippen LogP contribution >= 0.6 is 0 Å². The third-order valence-electron chi connectivity index (χ3n) is 2.93. The maximum absolute atomic E-state index is 11.8. The molecule has 0 aliphatic rings. The normalized spacial score (nSPS) is 10.5. The number of nitro groups is 1. The number of phenols is 1. The van der Waals surface area contributed by atoms with Crippen LogP contribution in [0.2, 0.25) is 0 Å². The van der Waals surface area contributed by atoms with E-state index in [0.29, 0.717) is 5.56 Å². The van der Waals surface area contributed by atoms with Gasteiger partial charge in [-0.3, -0.25) is 14.9 Å². The minimum atomic E-state index is -0.595. The maximum atomic E-state index is 11.8. The van der Waals surface area contributed by atoms with Crippen LogP contribution in [0.5, 0.6) is 11.5 Å². The Balaban J connectivity index is 2.12. The molecule has 118 valence electrons. The maximum Gasteiger partial charge on any atom is 0.311 e. The molecule has 8 nitrogen and oxygen atoms in total. The van der Waals surface area contributed by atoms with Gasteiger partial charge in [-0.1, -0.05) is 12.1 Å². The first-order chi connectivity index (χ1) is 11.0. The smallest absolute Gasteiger partial charge is 0.311 e. The zero-order valence-electron chi connectivity index (χ0n) is 12.1. The first kappa shape index (κ1) is 16.0. The van der Waals surface area contributed by atoms with Crippen molar-refractivity contribution in [1.29, 1.82) is 0 Å². The minimum absolute atomic E-state index is 0.0744. The van der Waals surface area contributed by atoms with Gasteiger partial charge >= 0.3 is 5.69 Å². The van der Waals surface area contributed by atoms with Crippen molar-refractivity contribution in [2.24, 2.45) is 5.10 Å². The number of methoxy groups -OCH3 is 1. The number of nitrogens with zero attached hydrogens (tertiary/aromatic N) is 2. The second kappa shape index (κ2) is 7.03. The average molecular weight is 315 g/mol. The van der Waals surface area contributed by atoms with Crippen LogP contribution < -0.4 is 10.2 Å². The van der Waals surface area contributed by atoms with Crippen molar-refractivity contribution in [3.05, 3.63) is 63.7 Å². The second-order valence-corrected chi connectivity index (χ2v) is 4.40. The van der Waals surface area contributed by atoms with Gasteiger partial charge in [-0.05, 0) is 24.3 Å². The average Bonchev–Trinajstić information content (AvgIpc) is 2.55. The lowest BCUT2D eigenvalue weighted by Gasteiger charge is -2.03. The Morgan fingerprint density at radius 1 is 1.35 bits per heavy atom. The monoisotopic (exact) mass is 315 g/mol. The minimum Gasteiger partial charge on any atom is -0.507 e. The molecule has 0 spiro atoms. The predicted octanol–water partition coefficient (Wildman–Crippen LogP) is 2.07. The summed E-state index contributed by atoms with van der Waals surface area (Å²) in [5.41, 5.74) is 2.52. The zero-order valence-corrected chi connectivity index (χ0v) is 12.1. The molecule has 8 heteroatoms.